The Kier molecular flexibility index (Phi) is 2.59. The van der Waals surface area contributed by atoms with Gasteiger partial charge >= 0.3 is 0 Å². The minimum Gasteiger partial charge on any atom is -0.318 e. The molecule has 15 heavy (non-hydrogen) atoms. The van der Waals surface area contributed by atoms with Crippen molar-refractivity contribution in [2.75, 3.05) is 5.32 Å². The first-order chi connectivity index (χ1) is 7.27. The molecular weight excluding hydrogens is 218 g/mol. The molecule has 0 aliphatic rings. The quantitative estimate of drug-likeness (QED) is 0.799. The lowest BCUT2D eigenvalue weighted by Gasteiger charge is -2.03. The third kappa shape index (κ3) is 2.10. The van der Waals surface area contributed by atoms with E-state index in [0.717, 1.165) is 0 Å². The van der Waals surface area contributed by atoms with Gasteiger partial charge in [-0.2, -0.15) is 5.21 Å². The molecule has 0 atom stereocenters. The fourth-order valence-electron chi connectivity index (χ4n) is 0.999. The highest BCUT2D eigenvalue weighted by atomic mass is 35.5. The lowest BCUT2D eigenvalue weighted by Crippen LogP contribution is -2.14. The molecule has 0 saturated heterocycles. The zero-order valence-electron chi connectivity index (χ0n) is 7.44. The molecule has 0 bridgehead atoms. The van der Waals surface area contributed by atoms with Crippen LogP contribution < -0.4 is 5.32 Å². The van der Waals surface area contributed by atoms with Gasteiger partial charge in [0, 0.05) is 0 Å². The number of carbonyl (C=O) groups excluding carboxylic acids is 1. The molecule has 1 amide bonds. The Balaban J connectivity index is 2.17. The topological polar surface area (TPSA) is 83.6 Å². The van der Waals surface area contributed by atoms with Crippen LogP contribution in [0.25, 0.3) is 0 Å². The Morgan fingerprint density at radius 1 is 1.40 bits per heavy atom. The highest BCUT2D eigenvalue weighted by molar-refractivity contribution is 6.33. The summed E-state index contributed by atoms with van der Waals surface area (Å²) in [5, 5.41) is 15.6. The van der Waals surface area contributed by atoms with Gasteiger partial charge in [0.1, 0.15) is 0 Å². The van der Waals surface area contributed by atoms with Crippen molar-refractivity contribution in [3.63, 3.8) is 0 Å². The summed E-state index contributed by atoms with van der Waals surface area (Å²) in [4.78, 5) is 11.5. The Morgan fingerprint density at radius 3 is 2.87 bits per heavy atom. The predicted molar refractivity (Wildman–Crippen MR) is 53.6 cm³/mol. The van der Waals surface area contributed by atoms with Crippen LogP contribution >= 0.6 is 11.6 Å². The van der Waals surface area contributed by atoms with Gasteiger partial charge in [0.05, 0.1) is 10.7 Å². The van der Waals surface area contributed by atoms with Gasteiger partial charge in [0.15, 0.2) is 0 Å². The number of carbonyl (C=O) groups is 1. The van der Waals surface area contributed by atoms with Gasteiger partial charge in [-0.05, 0) is 17.3 Å². The van der Waals surface area contributed by atoms with Crippen LogP contribution in [0.4, 0.5) is 5.69 Å². The molecule has 0 unspecified atom stereocenters. The van der Waals surface area contributed by atoms with Crippen molar-refractivity contribution in [1.29, 1.82) is 0 Å². The first kappa shape index (κ1) is 9.60. The molecule has 1 heterocycles. The summed E-state index contributed by atoms with van der Waals surface area (Å²) in [6.07, 6.45) is 0. The van der Waals surface area contributed by atoms with E-state index < -0.39 is 5.91 Å². The Hall–Kier alpha value is -1.95. The van der Waals surface area contributed by atoms with Crippen molar-refractivity contribution in [1.82, 2.24) is 20.6 Å². The second kappa shape index (κ2) is 4.05. The molecule has 0 spiro atoms. The summed E-state index contributed by atoms with van der Waals surface area (Å²) in [6.45, 7) is 0. The van der Waals surface area contributed by atoms with E-state index >= 15 is 0 Å². The largest absolute Gasteiger partial charge is 0.318 e. The SMILES string of the molecule is O=C(Nc1ccccc1Cl)c1nn[nH]n1. The van der Waals surface area contributed by atoms with Gasteiger partial charge in [-0.3, -0.25) is 4.79 Å². The number of benzene rings is 1. The maximum Gasteiger partial charge on any atom is 0.297 e. The number of halogens is 1. The van der Waals surface area contributed by atoms with Gasteiger partial charge in [-0.1, -0.05) is 23.7 Å². The minimum atomic E-state index is -0.461. The molecule has 76 valence electrons. The summed E-state index contributed by atoms with van der Waals surface area (Å²) in [5.74, 6) is -0.494. The standard InChI is InChI=1S/C8H6ClN5O/c9-5-3-1-2-4-6(5)10-8(15)7-11-13-14-12-7/h1-4H,(H,10,15)(H,11,12,13,14). The van der Waals surface area contributed by atoms with E-state index in [2.05, 4.69) is 25.9 Å². The third-order valence-electron chi connectivity index (χ3n) is 1.67. The Morgan fingerprint density at radius 2 is 2.20 bits per heavy atom. The van der Waals surface area contributed by atoms with E-state index in [1.807, 2.05) is 0 Å². The number of H-pyrrole nitrogens is 1. The molecule has 1 aromatic heterocycles. The third-order valence-corrected chi connectivity index (χ3v) is 2.00. The predicted octanol–water partition coefficient (Wildman–Crippen LogP) is 1.11. The van der Waals surface area contributed by atoms with E-state index in [9.17, 15) is 4.79 Å². The van der Waals surface area contributed by atoms with Crippen molar-refractivity contribution in [2.24, 2.45) is 0 Å². The normalized spacial score (nSPS) is 9.93. The number of rotatable bonds is 2. The summed E-state index contributed by atoms with van der Waals surface area (Å²) in [6, 6.07) is 6.89. The number of hydrogen-bond acceptors (Lipinski definition) is 4. The van der Waals surface area contributed by atoms with E-state index in [0.29, 0.717) is 10.7 Å². The van der Waals surface area contributed by atoms with Crippen LogP contribution in [-0.2, 0) is 0 Å². The molecule has 1 aromatic carbocycles. The lowest BCUT2D eigenvalue weighted by molar-refractivity contribution is 0.101. The molecule has 2 rings (SSSR count). The Bertz CT molecular complexity index is 470. The van der Waals surface area contributed by atoms with Crippen molar-refractivity contribution < 1.29 is 4.79 Å². The molecule has 0 saturated carbocycles. The first-order valence-corrected chi connectivity index (χ1v) is 4.44. The number of hydrogen-bond donors (Lipinski definition) is 2. The second-order valence-electron chi connectivity index (χ2n) is 2.67. The highest BCUT2D eigenvalue weighted by Crippen LogP contribution is 2.20. The van der Waals surface area contributed by atoms with Crippen LogP contribution in [0.3, 0.4) is 0 Å². The molecule has 0 radical (unpaired) electrons. The maximum atomic E-state index is 11.5. The van der Waals surface area contributed by atoms with E-state index in [4.69, 9.17) is 11.6 Å². The number of para-hydroxylation sites is 1. The number of aromatic nitrogens is 4. The van der Waals surface area contributed by atoms with Crippen molar-refractivity contribution in [3.8, 4) is 0 Å². The fourth-order valence-corrected chi connectivity index (χ4v) is 1.18. The van der Waals surface area contributed by atoms with Crippen LogP contribution in [0, 0.1) is 0 Å². The molecule has 7 heteroatoms. The molecular formula is C8H6ClN5O. The number of tetrazole rings is 1. The lowest BCUT2D eigenvalue weighted by atomic mass is 10.3. The van der Waals surface area contributed by atoms with Crippen LogP contribution in [0.1, 0.15) is 10.6 Å². The van der Waals surface area contributed by atoms with Gasteiger partial charge in [-0.25, -0.2) is 0 Å². The molecule has 2 aromatic rings. The van der Waals surface area contributed by atoms with Crippen LogP contribution in [0.15, 0.2) is 24.3 Å². The molecule has 0 aliphatic carbocycles. The van der Waals surface area contributed by atoms with Gasteiger partial charge in [-0.15, -0.1) is 10.2 Å². The number of nitrogens with one attached hydrogen (secondary N) is 2. The van der Waals surface area contributed by atoms with Crippen molar-refractivity contribution in [2.45, 2.75) is 0 Å². The average Bonchev–Trinajstić information content (AvgIpc) is 2.74. The maximum absolute atomic E-state index is 11.5. The van der Waals surface area contributed by atoms with Gasteiger partial charge in [0.2, 0.25) is 0 Å². The molecule has 6 nitrogen and oxygen atoms in total. The van der Waals surface area contributed by atoms with E-state index in [1.54, 1.807) is 24.3 Å². The minimum absolute atomic E-state index is 0.0325. The zero-order chi connectivity index (χ0) is 10.7. The Labute approximate surface area is 89.6 Å². The summed E-state index contributed by atoms with van der Waals surface area (Å²) in [5.41, 5.74) is 0.508. The monoisotopic (exact) mass is 223 g/mol. The van der Waals surface area contributed by atoms with Crippen LogP contribution in [-0.4, -0.2) is 26.5 Å². The number of amides is 1. The summed E-state index contributed by atoms with van der Waals surface area (Å²) < 4.78 is 0. The van der Waals surface area contributed by atoms with E-state index in [1.165, 1.54) is 0 Å². The molecule has 0 fully saturated rings. The fraction of sp³-hybridized carbons (Fsp3) is 0. The number of aromatic amines is 1. The smallest absolute Gasteiger partial charge is 0.297 e. The molecule has 2 N–H and O–H groups in total. The number of nitrogens with zero attached hydrogens (tertiary/aromatic N) is 3. The highest BCUT2D eigenvalue weighted by Gasteiger charge is 2.11. The van der Waals surface area contributed by atoms with Gasteiger partial charge in [0.25, 0.3) is 11.7 Å². The van der Waals surface area contributed by atoms with Crippen molar-refractivity contribution >= 4 is 23.2 Å². The first-order valence-electron chi connectivity index (χ1n) is 4.06. The van der Waals surface area contributed by atoms with Gasteiger partial charge < -0.3 is 5.32 Å². The molecule has 0 aliphatic heterocycles. The zero-order valence-corrected chi connectivity index (χ0v) is 8.19. The second-order valence-corrected chi connectivity index (χ2v) is 3.08. The summed E-state index contributed by atoms with van der Waals surface area (Å²) in [7, 11) is 0. The van der Waals surface area contributed by atoms with E-state index in [-0.39, 0.29) is 5.82 Å². The van der Waals surface area contributed by atoms with Crippen LogP contribution in [0.2, 0.25) is 5.02 Å². The summed E-state index contributed by atoms with van der Waals surface area (Å²) >= 11 is 5.85. The number of anilines is 1. The average molecular weight is 224 g/mol. The van der Waals surface area contributed by atoms with Crippen molar-refractivity contribution in [3.05, 3.63) is 35.1 Å². The van der Waals surface area contributed by atoms with Crippen LogP contribution in [0.5, 0.6) is 0 Å².